The van der Waals surface area contributed by atoms with Crippen LogP contribution >= 0.6 is 0 Å². The third-order valence-electron chi connectivity index (χ3n) is 5.18. The number of imide groups is 1. The minimum Gasteiger partial charge on any atom is -0.495 e. The molecule has 0 spiro atoms. The number of anilines is 1. The average molecular weight is 363 g/mol. The summed E-state index contributed by atoms with van der Waals surface area (Å²) in [5.74, 6) is 0.147. The van der Waals surface area contributed by atoms with Crippen LogP contribution in [0, 0.1) is 11.7 Å². The van der Waals surface area contributed by atoms with E-state index in [-0.39, 0.29) is 23.5 Å². The van der Waals surface area contributed by atoms with Gasteiger partial charge in [0.25, 0.3) is 0 Å². The van der Waals surface area contributed by atoms with Crippen molar-refractivity contribution in [2.75, 3.05) is 51.3 Å². The average Bonchev–Trinajstić information content (AvgIpc) is 2.88. The highest BCUT2D eigenvalue weighted by atomic mass is 19.1. The zero-order chi connectivity index (χ0) is 18.7. The van der Waals surface area contributed by atoms with E-state index in [0.717, 1.165) is 44.8 Å². The Hall–Kier alpha value is -2.15. The first kappa shape index (κ1) is 18.6. The van der Waals surface area contributed by atoms with Gasteiger partial charge in [0.1, 0.15) is 11.6 Å². The maximum atomic E-state index is 13.6. The first-order chi connectivity index (χ1) is 12.5. The van der Waals surface area contributed by atoms with E-state index in [1.54, 1.807) is 20.1 Å². The molecule has 0 saturated carbocycles. The molecule has 0 radical (unpaired) electrons. The highest BCUT2D eigenvalue weighted by Crippen LogP contribution is 2.29. The molecule has 7 heteroatoms. The molecule has 1 unspecified atom stereocenters. The van der Waals surface area contributed by atoms with Crippen molar-refractivity contribution >= 4 is 17.5 Å². The number of halogens is 1. The van der Waals surface area contributed by atoms with Crippen molar-refractivity contribution in [2.24, 2.45) is 5.92 Å². The SMILES string of the molecule is COc1ccc(F)cc1N1CCN(CCCN2C(=O)CC(C)C2=O)CC1. The first-order valence-corrected chi connectivity index (χ1v) is 9.14. The Balaban J connectivity index is 1.47. The standard InChI is InChI=1S/C19H26FN3O3/c1-14-12-18(24)23(19(14)25)7-3-6-21-8-10-22(11-9-21)16-13-15(20)4-5-17(16)26-2/h4-5,13-14H,3,6-12H2,1-2H3. The number of ether oxygens (including phenoxy) is 1. The molecule has 0 aromatic heterocycles. The number of benzene rings is 1. The maximum Gasteiger partial charge on any atom is 0.232 e. The summed E-state index contributed by atoms with van der Waals surface area (Å²) in [6, 6.07) is 4.57. The van der Waals surface area contributed by atoms with Gasteiger partial charge in [-0.1, -0.05) is 6.92 Å². The zero-order valence-electron chi connectivity index (χ0n) is 15.4. The van der Waals surface area contributed by atoms with E-state index in [4.69, 9.17) is 4.74 Å². The molecule has 3 rings (SSSR count). The molecule has 1 atom stereocenters. The highest BCUT2D eigenvalue weighted by molar-refractivity contribution is 6.03. The van der Waals surface area contributed by atoms with Crippen molar-refractivity contribution in [2.45, 2.75) is 19.8 Å². The van der Waals surface area contributed by atoms with Crippen molar-refractivity contribution in [1.29, 1.82) is 0 Å². The molecule has 6 nitrogen and oxygen atoms in total. The topological polar surface area (TPSA) is 53.1 Å². The minimum absolute atomic E-state index is 0.0435. The van der Waals surface area contributed by atoms with Gasteiger partial charge in [-0.3, -0.25) is 19.4 Å². The molecule has 0 aliphatic carbocycles. The van der Waals surface area contributed by atoms with Gasteiger partial charge in [-0.05, 0) is 25.1 Å². The first-order valence-electron chi connectivity index (χ1n) is 9.14. The number of carbonyl (C=O) groups excluding carboxylic acids is 2. The molecule has 1 aromatic rings. The summed E-state index contributed by atoms with van der Waals surface area (Å²) >= 11 is 0. The van der Waals surface area contributed by atoms with Gasteiger partial charge < -0.3 is 9.64 Å². The van der Waals surface area contributed by atoms with Crippen molar-refractivity contribution in [1.82, 2.24) is 9.80 Å². The number of hydrogen-bond donors (Lipinski definition) is 0. The predicted octanol–water partition coefficient (Wildman–Crippen LogP) is 1.74. The fourth-order valence-electron chi connectivity index (χ4n) is 3.66. The number of piperazine rings is 1. The summed E-state index contributed by atoms with van der Waals surface area (Å²) in [6.45, 7) is 6.45. The summed E-state index contributed by atoms with van der Waals surface area (Å²) in [5.41, 5.74) is 0.786. The van der Waals surface area contributed by atoms with Crippen LogP contribution in [0.1, 0.15) is 19.8 Å². The van der Waals surface area contributed by atoms with E-state index in [2.05, 4.69) is 9.80 Å². The summed E-state index contributed by atoms with van der Waals surface area (Å²) in [6.07, 6.45) is 1.13. The van der Waals surface area contributed by atoms with Crippen LogP contribution in [0.25, 0.3) is 0 Å². The Labute approximate surface area is 153 Å². The molecule has 0 bridgehead atoms. The molecule has 2 heterocycles. The van der Waals surface area contributed by atoms with Crippen molar-refractivity contribution in [3.63, 3.8) is 0 Å². The number of hydrogen-bond acceptors (Lipinski definition) is 5. The molecule has 1 aromatic carbocycles. The van der Waals surface area contributed by atoms with Crippen LogP contribution in [0.15, 0.2) is 18.2 Å². The molecule has 2 aliphatic heterocycles. The summed E-state index contributed by atoms with van der Waals surface area (Å²) < 4.78 is 18.9. The molecular weight excluding hydrogens is 337 g/mol. The monoisotopic (exact) mass is 363 g/mol. The lowest BCUT2D eigenvalue weighted by Crippen LogP contribution is -2.47. The van der Waals surface area contributed by atoms with Gasteiger partial charge in [-0.2, -0.15) is 0 Å². The number of carbonyl (C=O) groups is 2. The third-order valence-corrected chi connectivity index (χ3v) is 5.18. The van der Waals surface area contributed by atoms with Crippen LogP contribution < -0.4 is 9.64 Å². The van der Waals surface area contributed by atoms with Crippen LogP contribution in [0.2, 0.25) is 0 Å². The lowest BCUT2D eigenvalue weighted by molar-refractivity contribution is -0.139. The molecule has 2 saturated heterocycles. The number of nitrogens with zero attached hydrogens (tertiary/aromatic N) is 3. The van der Waals surface area contributed by atoms with Gasteiger partial charge in [0.2, 0.25) is 11.8 Å². The Bertz CT molecular complexity index is 674. The second kappa shape index (κ2) is 8.03. The predicted molar refractivity (Wildman–Crippen MR) is 96.7 cm³/mol. The Morgan fingerprint density at radius 1 is 1.15 bits per heavy atom. The van der Waals surface area contributed by atoms with E-state index in [1.807, 2.05) is 0 Å². The summed E-state index contributed by atoms with van der Waals surface area (Å²) in [4.78, 5) is 29.6. The minimum atomic E-state index is -0.266. The largest absolute Gasteiger partial charge is 0.495 e. The van der Waals surface area contributed by atoms with Gasteiger partial charge >= 0.3 is 0 Å². The van der Waals surface area contributed by atoms with E-state index in [9.17, 15) is 14.0 Å². The smallest absolute Gasteiger partial charge is 0.232 e. The van der Waals surface area contributed by atoms with Crippen LogP contribution in [0.3, 0.4) is 0 Å². The Morgan fingerprint density at radius 3 is 2.50 bits per heavy atom. The quantitative estimate of drug-likeness (QED) is 0.721. The van der Waals surface area contributed by atoms with Crippen LogP contribution in [0.5, 0.6) is 5.75 Å². The normalized spacial score (nSPS) is 21.6. The van der Waals surface area contributed by atoms with E-state index in [0.29, 0.717) is 18.7 Å². The molecule has 26 heavy (non-hydrogen) atoms. The van der Waals surface area contributed by atoms with Gasteiger partial charge in [0.05, 0.1) is 12.8 Å². The summed E-state index contributed by atoms with van der Waals surface area (Å²) in [5, 5.41) is 0. The number of methoxy groups -OCH3 is 1. The second-order valence-corrected chi connectivity index (χ2v) is 6.99. The van der Waals surface area contributed by atoms with Crippen molar-refractivity contribution < 1.29 is 18.7 Å². The number of likely N-dealkylation sites (tertiary alicyclic amines) is 1. The van der Waals surface area contributed by atoms with Crippen molar-refractivity contribution in [3.05, 3.63) is 24.0 Å². The molecule has 2 amide bonds. The van der Waals surface area contributed by atoms with Crippen LogP contribution in [0.4, 0.5) is 10.1 Å². The van der Waals surface area contributed by atoms with Crippen molar-refractivity contribution in [3.8, 4) is 5.75 Å². The Kier molecular flexibility index (Phi) is 5.76. The molecule has 142 valence electrons. The molecule has 2 fully saturated rings. The molecule has 2 aliphatic rings. The number of rotatable bonds is 6. The van der Waals surface area contributed by atoms with Crippen LogP contribution in [-0.4, -0.2) is 68.0 Å². The van der Waals surface area contributed by atoms with Gasteiger partial charge in [0, 0.05) is 51.1 Å². The molecular formula is C19H26FN3O3. The van der Waals surface area contributed by atoms with Crippen LogP contribution in [-0.2, 0) is 9.59 Å². The fraction of sp³-hybridized carbons (Fsp3) is 0.579. The Morgan fingerprint density at radius 2 is 1.88 bits per heavy atom. The highest BCUT2D eigenvalue weighted by Gasteiger charge is 2.35. The lowest BCUT2D eigenvalue weighted by Gasteiger charge is -2.36. The lowest BCUT2D eigenvalue weighted by atomic mass is 10.1. The summed E-state index contributed by atoms with van der Waals surface area (Å²) in [7, 11) is 1.59. The van der Waals surface area contributed by atoms with E-state index in [1.165, 1.54) is 17.0 Å². The third kappa shape index (κ3) is 3.98. The van der Waals surface area contributed by atoms with Gasteiger partial charge in [-0.15, -0.1) is 0 Å². The molecule has 0 N–H and O–H groups in total. The van der Waals surface area contributed by atoms with E-state index >= 15 is 0 Å². The fourth-order valence-corrected chi connectivity index (χ4v) is 3.66. The number of amides is 2. The zero-order valence-corrected chi connectivity index (χ0v) is 15.4. The van der Waals surface area contributed by atoms with Gasteiger partial charge in [0.15, 0.2) is 0 Å². The second-order valence-electron chi connectivity index (χ2n) is 6.99. The van der Waals surface area contributed by atoms with Gasteiger partial charge in [-0.25, -0.2) is 4.39 Å². The van der Waals surface area contributed by atoms with E-state index < -0.39 is 0 Å². The maximum absolute atomic E-state index is 13.6.